The molecule has 30 heavy (non-hydrogen) atoms. The third-order valence-electron chi connectivity index (χ3n) is 5.62. The Morgan fingerprint density at radius 1 is 0.867 bits per heavy atom. The number of carbonyl (C=O) groups excluding carboxylic acids is 1. The SMILES string of the molecule is Cc1ccc(S(=O)(=O)Oc2ccc3c(c2)COc2cc4c(cc2-3)CCCC4=O)cc1. The van der Waals surface area contributed by atoms with Crippen LogP contribution < -0.4 is 8.92 Å². The second-order valence-electron chi connectivity index (χ2n) is 7.74. The van der Waals surface area contributed by atoms with Gasteiger partial charge in [-0.05, 0) is 67.3 Å². The fraction of sp³-hybridized carbons (Fsp3) is 0.208. The van der Waals surface area contributed by atoms with Crippen molar-refractivity contribution >= 4 is 15.9 Å². The van der Waals surface area contributed by atoms with Crippen LogP contribution in [0.4, 0.5) is 0 Å². The van der Waals surface area contributed by atoms with E-state index in [0.717, 1.165) is 46.2 Å². The molecule has 0 radical (unpaired) electrons. The van der Waals surface area contributed by atoms with E-state index in [1.165, 1.54) is 12.1 Å². The number of aryl methyl sites for hydroxylation is 2. The van der Waals surface area contributed by atoms with Crippen molar-refractivity contribution < 1.29 is 22.1 Å². The molecule has 0 spiro atoms. The highest BCUT2D eigenvalue weighted by Gasteiger charge is 2.25. The van der Waals surface area contributed by atoms with Crippen LogP contribution in [0.2, 0.25) is 0 Å². The Morgan fingerprint density at radius 3 is 2.47 bits per heavy atom. The van der Waals surface area contributed by atoms with Crippen molar-refractivity contribution in [1.29, 1.82) is 0 Å². The Kier molecular flexibility index (Phi) is 4.40. The number of rotatable bonds is 3. The van der Waals surface area contributed by atoms with Gasteiger partial charge in [0, 0.05) is 23.1 Å². The van der Waals surface area contributed by atoms with Gasteiger partial charge in [0.25, 0.3) is 0 Å². The molecule has 0 N–H and O–H groups in total. The summed E-state index contributed by atoms with van der Waals surface area (Å²) in [6.45, 7) is 2.18. The quantitative estimate of drug-likeness (QED) is 0.567. The van der Waals surface area contributed by atoms with Crippen LogP contribution in [0.25, 0.3) is 11.1 Å². The molecule has 0 saturated carbocycles. The van der Waals surface area contributed by atoms with Crippen molar-refractivity contribution in [3.05, 3.63) is 76.9 Å². The summed E-state index contributed by atoms with van der Waals surface area (Å²) in [5, 5.41) is 0. The van der Waals surface area contributed by atoms with Crippen molar-refractivity contribution in [2.45, 2.75) is 37.7 Å². The van der Waals surface area contributed by atoms with Gasteiger partial charge in [0.05, 0.1) is 0 Å². The zero-order chi connectivity index (χ0) is 20.9. The molecule has 1 heterocycles. The lowest BCUT2D eigenvalue weighted by atomic mass is 9.86. The van der Waals surface area contributed by atoms with Crippen LogP contribution in [0, 0.1) is 6.92 Å². The third-order valence-corrected chi connectivity index (χ3v) is 6.88. The predicted molar refractivity (Wildman–Crippen MR) is 112 cm³/mol. The number of ether oxygens (including phenoxy) is 1. The van der Waals surface area contributed by atoms with Crippen molar-refractivity contribution in [1.82, 2.24) is 0 Å². The van der Waals surface area contributed by atoms with Crippen LogP contribution in [0.3, 0.4) is 0 Å². The van der Waals surface area contributed by atoms with Gasteiger partial charge in [0.15, 0.2) is 5.78 Å². The molecule has 5 nitrogen and oxygen atoms in total. The molecule has 1 aliphatic carbocycles. The van der Waals surface area contributed by atoms with Gasteiger partial charge in [-0.3, -0.25) is 4.79 Å². The third kappa shape index (κ3) is 3.27. The van der Waals surface area contributed by atoms with Gasteiger partial charge in [0.1, 0.15) is 23.0 Å². The zero-order valence-corrected chi connectivity index (χ0v) is 17.3. The second kappa shape index (κ2) is 6.99. The molecule has 152 valence electrons. The molecule has 0 amide bonds. The lowest BCUT2D eigenvalue weighted by Crippen LogP contribution is -2.14. The number of Topliss-reactive ketones (excluding diaryl/α,β-unsaturated/α-hetero) is 1. The van der Waals surface area contributed by atoms with E-state index in [1.807, 2.05) is 25.1 Å². The number of ketones is 1. The highest BCUT2D eigenvalue weighted by atomic mass is 32.2. The van der Waals surface area contributed by atoms with Crippen molar-refractivity contribution in [3.63, 3.8) is 0 Å². The van der Waals surface area contributed by atoms with E-state index in [0.29, 0.717) is 12.2 Å². The van der Waals surface area contributed by atoms with E-state index < -0.39 is 10.1 Å². The smallest absolute Gasteiger partial charge is 0.339 e. The molecule has 1 aliphatic heterocycles. The van der Waals surface area contributed by atoms with Gasteiger partial charge >= 0.3 is 10.1 Å². The molecule has 3 aromatic carbocycles. The summed E-state index contributed by atoms with van der Waals surface area (Å²) in [6.07, 6.45) is 2.32. The van der Waals surface area contributed by atoms with Gasteiger partial charge in [-0.2, -0.15) is 8.42 Å². The van der Waals surface area contributed by atoms with E-state index in [4.69, 9.17) is 8.92 Å². The van der Waals surface area contributed by atoms with Gasteiger partial charge in [0.2, 0.25) is 0 Å². The first-order valence-electron chi connectivity index (χ1n) is 9.88. The molecule has 0 unspecified atom stereocenters. The van der Waals surface area contributed by atoms with Gasteiger partial charge in [-0.25, -0.2) is 0 Å². The van der Waals surface area contributed by atoms with Crippen LogP contribution in [0.15, 0.2) is 59.5 Å². The lowest BCUT2D eigenvalue weighted by Gasteiger charge is -2.25. The minimum absolute atomic E-state index is 0.115. The number of benzene rings is 3. The first-order valence-corrected chi connectivity index (χ1v) is 11.3. The maximum Gasteiger partial charge on any atom is 0.339 e. The highest BCUT2D eigenvalue weighted by Crippen LogP contribution is 2.42. The van der Waals surface area contributed by atoms with Gasteiger partial charge < -0.3 is 8.92 Å². The summed E-state index contributed by atoms with van der Waals surface area (Å²) in [6, 6.07) is 15.6. The fourth-order valence-electron chi connectivity index (χ4n) is 4.03. The van der Waals surface area contributed by atoms with E-state index in [9.17, 15) is 13.2 Å². The fourth-order valence-corrected chi connectivity index (χ4v) is 4.96. The van der Waals surface area contributed by atoms with Crippen LogP contribution in [0.1, 0.15) is 39.9 Å². The number of fused-ring (bicyclic) bond motifs is 4. The Morgan fingerprint density at radius 2 is 1.67 bits per heavy atom. The average Bonchev–Trinajstić information content (AvgIpc) is 2.73. The van der Waals surface area contributed by atoms with Crippen LogP contribution in [0.5, 0.6) is 11.5 Å². The second-order valence-corrected chi connectivity index (χ2v) is 9.29. The molecule has 0 bridgehead atoms. The molecule has 0 saturated heterocycles. The normalized spacial score (nSPS) is 14.9. The largest absolute Gasteiger partial charge is 0.488 e. The first kappa shape index (κ1) is 18.9. The van der Waals surface area contributed by atoms with Crippen LogP contribution in [-0.2, 0) is 23.1 Å². The Bertz CT molecular complexity index is 1270. The molecule has 0 aromatic heterocycles. The van der Waals surface area contributed by atoms with Crippen molar-refractivity contribution in [2.75, 3.05) is 0 Å². The molecular formula is C24H20O5S. The Hall–Kier alpha value is -3.12. The highest BCUT2D eigenvalue weighted by molar-refractivity contribution is 7.87. The number of carbonyl (C=O) groups is 1. The molecule has 6 heteroatoms. The molecule has 0 atom stereocenters. The maximum atomic E-state index is 12.6. The van der Waals surface area contributed by atoms with Gasteiger partial charge in [-0.1, -0.05) is 23.8 Å². The predicted octanol–water partition coefficient (Wildman–Crippen LogP) is 4.84. The average molecular weight is 420 g/mol. The van der Waals surface area contributed by atoms with Crippen molar-refractivity contribution in [2.24, 2.45) is 0 Å². The monoisotopic (exact) mass is 420 g/mol. The Labute approximate surface area is 175 Å². The summed E-state index contributed by atoms with van der Waals surface area (Å²) in [5.74, 6) is 1.10. The minimum atomic E-state index is -3.91. The maximum absolute atomic E-state index is 12.6. The number of hydrogen-bond donors (Lipinski definition) is 0. The van der Waals surface area contributed by atoms with E-state index in [-0.39, 0.29) is 23.0 Å². The molecule has 2 aliphatic rings. The molecule has 3 aromatic rings. The standard InChI is InChI=1S/C24H20O5S/c1-15-5-8-19(9-6-15)30(26,27)29-18-7-10-20-17(11-18)14-28-24-13-21-16(12-22(20)24)3-2-4-23(21)25/h5-13H,2-4,14H2,1H3. The van der Waals surface area contributed by atoms with Gasteiger partial charge in [-0.15, -0.1) is 0 Å². The minimum Gasteiger partial charge on any atom is -0.488 e. The topological polar surface area (TPSA) is 69.7 Å². The number of hydrogen-bond acceptors (Lipinski definition) is 5. The zero-order valence-electron chi connectivity index (χ0n) is 16.5. The molecule has 5 rings (SSSR count). The first-order chi connectivity index (χ1) is 14.4. The van der Waals surface area contributed by atoms with Crippen LogP contribution in [-0.4, -0.2) is 14.2 Å². The van der Waals surface area contributed by atoms with Crippen LogP contribution >= 0.6 is 0 Å². The van der Waals surface area contributed by atoms with E-state index >= 15 is 0 Å². The van der Waals surface area contributed by atoms with E-state index in [1.54, 1.807) is 24.3 Å². The van der Waals surface area contributed by atoms with Crippen molar-refractivity contribution in [3.8, 4) is 22.6 Å². The summed E-state index contributed by atoms with van der Waals surface area (Å²) in [5.41, 5.74) is 5.52. The van der Waals surface area contributed by atoms with E-state index in [2.05, 4.69) is 0 Å². The molecule has 0 fully saturated rings. The Balaban J connectivity index is 1.48. The summed E-state index contributed by atoms with van der Waals surface area (Å²) >= 11 is 0. The summed E-state index contributed by atoms with van der Waals surface area (Å²) in [7, 11) is -3.91. The summed E-state index contributed by atoms with van der Waals surface area (Å²) < 4.78 is 36.4. The molecular weight excluding hydrogens is 400 g/mol. The lowest BCUT2D eigenvalue weighted by molar-refractivity contribution is 0.0972. The summed E-state index contributed by atoms with van der Waals surface area (Å²) in [4.78, 5) is 12.3.